The minimum Gasteiger partial charge on any atom is -0.467 e. The second-order valence-electron chi connectivity index (χ2n) is 6.48. The summed E-state index contributed by atoms with van der Waals surface area (Å²) >= 11 is 0. The van der Waals surface area contributed by atoms with E-state index in [0.29, 0.717) is 12.0 Å². The molecular formula is C19H26N2O6. The molecule has 0 aliphatic heterocycles. The predicted molar refractivity (Wildman–Crippen MR) is 97.9 cm³/mol. The Morgan fingerprint density at radius 3 is 2.26 bits per heavy atom. The van der Waals surface area contributed by atoms with Crippen molar-refractivity contribution in [3.05, 3.63) is 35.4 Å². The van der Waals surface area contributed by atoms with Crippen molar-refractivity contribution < 1.29 is 28.7 Å². The topological polar surface area (TPSA) is 111 Å². The summed E-state index contributed by atoms with van der Waals surface area (Å²) in [5.41, 5.74) is 1.43. The summed E-state index contributed by atoms with van der Waals surface area (Å²) in [5.74, 6) is -2.20. The Labute approximate surface area is 158 Å². The zero-order valence-electron chi connectivity index (χ0n) is 16.0. The van der Waals surface area contributed by atoms with E-state index in [2.05, 4.69) is 15.4 Å². The van der Waals surface area contributed by atoms with Gasteiger partial charge >= 0.3 is 11.9 Å². The molecule has 1 rings (SSSR count). The molecule has 0 aliphatic carbocycles. The monoisotopic (exact) mass is 378 g/mol. The minimum absolute atomic E-state index is 0.161. The number of aryl methyl sites for hydroxylation is 1. The Bertz CT molecular complexity index is 669. The first-order valence-corrected chi connectivity index (χ1v) is 8.60. The van der Waals surface area contributed by atoms with Gasteiger partial charge in [-0.1, -0.05) is 31.5 Å². The fraction of sp³-hybridized carbons (Fsp3) is 0.474. The lowest BCUT2D eigenvalue weighted by Crippen LogP contribution is -2.44. The van der Waals surface area contributed by atoms with Crippen molar-refractivity contribution in [3.8, 4) is 0 Å². The van der Waals surface area contributed by atoms with Gasteiger partial charge in [0.05, 0.1) is 7.11 Å². The van der Waals surface area contributed by atoms with Gasteiger partial charge in [-0.2, -0.15) is 0 Å². The third-order valence-electron chi connectivity index (χ3n) is 3.60. The molecule has 1 aromatic rings. The molecular weight excluding hydrogens is 352 g/mol. The van der Waals surface area contributed by atoms with Gasteiger partial charge in [-0.3, -0.25) is 14.4 Å². The molecule has 2 N–H and O–H groups in total. The number of rotatable bonds is 9. The van der Waals surface area contributed by atoms with Gasteiger partial charge in [-0.15, -0.1) is 0 Å². The highest BCUT2D eigenvalue weighted by Crippen LogP contribution is 2.06. The maximum absolute atomic E-state index is 11.9. The SMILES string of the molecule is COC(=O)C(CC(C)C)NC(=O)COC(=O)CNC(=O)c1ccc(C)cc1. The lowest BCUT2D eigenvalue weighted by molar-refractivity contribution is -0.149. The van der Waals surface area contributed by atoms with Crippen LogP contribution in [0.25, 0.3) is 0 Å². The smallest absolute Gasteiger partial charge is 0.328 e. The Hall–Kier alpha value is -2.90. The highest BCUT2D eigenvalue weighted by atomic mass is 16.5. The summed E-state index contributed by atoms with van der Waals surface area (Å²) in [5, 5.41) is 4.89. The van der Waals surface area contributed by atoms with Gasteiger partial charge in [0, 0.05) is 5.56 Å². The highest BCUT2D eigenvalue weighted by Gasteiger charge is 2.23. The fourth-order valence-corrected chi connectivity index (χ4v) is 2.22. The lowest BCUT2D eigenvalue weighted by Gasteiger charge is -2.18. The summed E-state index contributed by atoms with van der Waals surface area (Å²) in [7, 11) is 1.23. The molecule has 0 aromatic heterocycles. The Morgan fingerprint density at radius 1 is 1.07 bits per heavy atom. The van der Waals surface area contributed by atoms with Crippen LogP contribution in [0, 0.1) is 12.8 Å². The quantitative estimate of drug-likeness (QED) is 0.620. The summed E-state index contributed by atoms with van der Waals surface area (Å²) < 4.78 is 9.46. The number of nitrogens with one attached hydrogen (secondary N) is 2. The van der Waals surface area contributed by atoms with Crippen molar-refractivity contribution in [1.29, 1.82) is 0 Å². The largest absolute Gasteiger partial charge is 0.467 e. The first kappa shape index (κ1) is 22.1. The van der Waals surface area contributed by atoms with Gasteiger partial charge in [0.25, 0.3) is 11.8 Å². The summed E-state index contributed by atoms with van der Waals surface area (Å²) in [6, 6.07) is 6.05. The third-order valence-corrected chi connectivity index (χ3v) is 3.60. The molecule has 8 nitrogen and oxygen atoms in total. The summed E-state index contributed by atoms with van der Waals surface area (Å²) in [4.78, 5) is 47.1. The zero-order valence-corrected chi connectivity index (χ0v) is 16.0. The summed E-state index contributed by atoms with van der Waals surface area (Å²) in [6.45, 7) is 4.78. The van der Waals surface area contributed by atoms with Crippen LogP contribution >= 0.6 is 0 Å². The number of carbonyl (C=O) groups is 4. The molecule has 0 fully saturated rings. The van der Waals surface area contributed by atoms with Gasteiger partial charge in [-0.05, 0) is 31.4 Å². The van der Waals surface area contributed by atoms with Crippen LogP contribution in [0.2, 0.25) is 0 Å². The number of esters is 2. The molecule has 27 heavy (non-hydrogen) atoms. The Balaban J connectivity index is 2.39. The summed E-state index contributed by atoms with van der Waals surface area (Å²) in [6.07, 6.45) is 0.402. The molecule has 1 unspecified atom stereocenters. The first-order valence-electron chi connectivity index (χ1n) is 8.60. The van der Waals surface area contributed by atoms with E-state index >= 15 is 0 Å². The molecule has 2 amide bonds. The van der Waals surface area contributed by atoms with Crippen LogP contribution in [-0.4, -0.2) is 50.1 Å². The van der Waals surface area contributed by atoms with E-state index in [0.717, 1.165) is 5.56 Å². The molecule has 8 heteroatoms. The van der Waals surface area contributed by atoms with Crippen LogP contribution in [0.5, 0.6) is 0 Å². The zero-order chi connectivity index (χ0) is 20.4. The molecule has 0 saturated heterocycles. The van der Waals surface area contributed by atoms with Crippen LogP contribution < -0.4 is 10.6 Å². The molecule has 0 radical (unpaired) electrons. The minimum atomic E-state index is -0.803. The molecule has 0 aliphatic rings. The fourth-order valence-electron chi connectivity index (χ4n) is 2.22. The van der Waals surface area contributed by atoms with Gasteiger partial charge in [-0.25, -0.2) is 4.79 Å². The third kappa shape index (κ3) is 8.35. The van der Waals surface area contributed by atoms with E-state index in [1.165, 1.54) is 7.11 Å². The average molecular weight is 378 g/mol. The first-order chi connectivity index (χ1) is 12.7. The maximum Gasteiger partial charge on any atom is 0.328 e. The van der Waals surface area contributed by atoms with Crippen molar-refractivity contribution >= 4 is 23.8 Å². The highest BCUT2D eigenvalue weighted by molar-refractivity contribution is 5.96. The van der Waals surface area contributed by atoms with Crippen molar-refractivity contribution in [2.24, 2.45) is 5.92 Å². The molecule has 1 atom stereocenters. The van der Waals surface area contributed by atoms with Gasteiger partial charge in [0.2, 0.25) is 0 Å². The maximum atomic E-state index is 11.9. The second kappa shape index (κ2) is 10.9. The van der Waals surface area contributed by atoms with Crippen LogP contribution in [0.1, 0.15) is 36.2 Å². The van der Waals surface area contributed by atoms with Crippen LogP contribution in [0.3, 0.4) is 0 Å². The van der Waals surface area contributed by atoms with Crippen LogP contribution in [0.4, 0.5) is 0 Å². The standard InChI is InChI=1S/C19H26N2O6/c1-12(2)9-15(19(25)26-4)21-16(22)11-27-17(23)10-20-18(24)14-7-5-13(3)6-8-14/h5-8,12,15H,9-11H2,1-4H3,(H,20,24)(H,21,22). The van der Waals surface area contributed by atoms with E-state index in [1.54, 1.807) is 24.3 Å². The predicted octanol–water partition coefficient (Wildman–Crippen LogP) is 0.972. The molecule has 0 heterocycles. The normalized spacial score (nSPS) is 11.4. The van der Waals surface area contributed by atoms with E-state index in [9.17, 15) is 19.2 Å². The number of ether oxygens (including phenoxy) is 2. The molecule has 0 bridgehead atoms. The van der Waals surface area contributed by atoms with Crippen molar-refractivity contribution in [2.45, 2.75) is 33.2 Å². The van der Waals surface area contributed by atoms with Crippen LogP contribution in [-0.2, 0) is 23.9 Å². The average Bonchev–Trinajstić information content (AvgIpc) is 2.63. The number of hydrogen-bond donors (Lipinski definition) is 2. The Kier molecular flexibility index (Phi) is 8.98. The number of hydrogen-bond acceptors (Lipinski definition) is 6. The Morgan fingerprint density at radius 2 is 1.70 bits per heavy atom. The number of carbonyl (C=O) groups excluding carboxylic acids is 4. The van der Waals surface area contributed by atoms with Crippen molar-refractivity contribution in [1.82, 2.24) is 10.6 Å². The van der Waals surface area contributed by atoms with Gasteiger partial charge in [0.15, 0.2) is 6.61 Å². The van der Waals surface area contributed by atoms with Gasteiger partial charge < -0.3 is 20.1 Å². The van der Waals surface area contributed by atoms with E-state index in [-0.39, 0.29) is 12.5 Å². The second-order valence-corrected chi connectivity index (χ2v) is 6.48. The molecule has 0 spiro atoms. The van der Waals surface area contributed by atoms with Crippen molar-refractivity contribution in [2.75, 3.05) is 20.3 Å². The van der Waals surface area contributed by atoms with E-state index in [4.69, 9.17) is 4.74 Å². The van der Waals surface area contributed by atoms with E-state index in [1.807, 2.05) is 20.8 Å². The van der Waals surface area contributed by atoms with Crippen LogP contribution in [0.15, 0.2) is 24.3 Å². The van der Waals surface area contributed by atoms with Gasteiger partial charge in [0.1, 0.15) is 12.6 Å². The van der Waals surface area contributed by atoms with Crippen molar-refractivity contribution in [3.63, 3.8) is 0 Å². The number of methoxy groups -OCH3 is 1. The van der Waals surface area contributed by atoms with E-state index < -0.39 is 36.4 Å². The number of amides is 2. The number of benzene rings is 1. The lowest BCUT2D eigenvalue weighted by atomic mass is 10.0. The molecule has 0 saturated carbocycles. The molecule has 148 valence electrons. The molecule has 1 aromatic carbocycles.